The van der Waals surface area contributed by atoms with E-state index in [0.29, 0.717) is 19.3 Å². The Kier molecular flexibility index (Phi) is 5.60. The monoisotopic (exact) mass is 269 g/mol. The Morgan fingerprint density at radius 2 is 2.32 bits per heavy atom. The molecule has 0 aromatic carbocycles. The van der Waals surface area contributed by atoms with E-state index in [-0.39, 0.29) is 11.9 Å². The Bertz CT molecular complexity index is 292. The fraction of sp³-hybridized carbons (Fsp3) is 0.929. The van der Waals surface area contributed by atoms with Crippen molar-refractivity contribution in [3.8, 4) is 0 Å². The summed E-state index contributed by atoms with van der Waals surface area (Å²) >= 11 is 0. The molecule has 5 nitrogen and oxygen atoms in total. The maximum Gasteiger partial charge on any atom is 0.241 e. The van der Waals surface area contributed by atoms with Gasteiger partial charge in [-0.2, -0.15) is 0 Å². The van der Waals surface area contributed by atoms with Crippen molar-refractivity contribution in [3.63, 3.8) is 0 Å². The van der Waals surface area contributed by atoms with Crippen molar-refractivity contribution in [1.29, 1.82) is 0 Å². The fourth-order valence-corrected chi connectivity index (χ4v) is 2.95. The van der Waals surface area contributed by atoms with E-state index in [4.69, 9.17) is 4.74 Å². The molecule has 2 atom stereocenters. The van der Waals surface area contributed by atoms with Gasteiger partial charge >= 0.3 is 0 Å². The van der Waals surface area contributed by atoms with Crippen LogP contribution in [0, 0.1) is 0 Å². The normalized spacial score (nSPS) is 29.2. The zero-order valence-electron chi connectivity index (χ0n) is 12.2. The first kappa shape index (κ1) is 14.8. The first-order chi connectivity index (χ1) is 9.18. The van der Waals surface area contributed by atoms with Crippen molar-refractivity contribution < 1.29 is 9.53 Å². The van der Waals surface area contributed by atoms with Crippen LogP contribution in [0.25, 0.3) is 0 Å². The maximum absolute atomic E-state index is 12.2. The lowest BCUT2D eigenvalue weighted by molar-refractivity contribution is -0.135. The molecule has 0 aliphatic carbocycles. The van der Waals surface area contributed by atoms with Gasteiger partial charge in [-0.3, -0.25) is 4.79 Å². The van der Waals surface area contributed by atoms with Crippen LogP contribution in [0.2, 0.25) is 0 Å². The minimum absolute atomic E-state index is 0.150. The minimum Gasteiger partial charge on any atom is -0.378 e. The van der Waals surface area contributed by atoms with Gasteiger partial charge in [0.2, 0.25) is 5.91 Å². The number of likely N-dealkylation sites (N-methyl/N-ethyl adjacent to an activating group) is 1. The largest absolute Gasteiger partial charge is 0.378 e. The van der Waals surface area contributed by atoms with Gasteiger partial charge in [0.25, 0.3) is 0 Å². The van der Waals surface area contributed by atoms with Crippen LogP contribution in [0.1, 0.15) is 25.7 Å². The zero-order valence-corrected chi connectivity index (χ0v) is 12.2. The lowest BCUT2D eigenvalue weighted by Gasteiger charge is -2.34. The summed E-state index contributed by atoms with van der Waals surface area (Å²) in [6.07, 6.45) is 4.98. The highest BCUT2D eigenvalue weighted by Gasteiger charge is 2.25. The van der Waals surface area contributed by atoms with Gasteiger partial charge in [0.15, 0.2) is 0 Å². The number of amides is 1. The van der Waals surface area contributed by atoms with Crippen LogP contribution in [-0.4, -0.2) is 74.7 Å². The van der Waals surface area contributed by atoms with E-state index >= 15 is 0 Å². The first-order valence-electron chi connectivity index (χ1n) is 7.45. The molecule has 1 N–H and O–H groups in total. The molecule has 5 heteroatoms. The van der Waals surface area contributed by atoms with Crippen LogP contribution >= 0.6 is 0 Å². The summed E-state index contributed by atoms with van der Waals surface area (Å²) in [6, 6.07) is 0.488. The number of carbonyl (C=O) groups is 1. The topological polar surface area (TPSA) is 44.8 Å². The van der Waals surface area contributed by atoms with Crippen LogP contribution in [0.4, 0.5) is 0 Å². The second-order valence-corrected chi connectivity index (χ2v) is 5.76. The van der Waals surface area contributed by atoms with E-state index in [1.54, 1.807) is 0 Å². The van der Waals surface area contributed by atoms with Crippen molar-refractivity contribution in [1.82, 2.24) is 15.1 Å². The average Bonchev–Trinajstić information content (AvgIpc) is 2.46. The van der Waals surface area contributed by atoms with Gasteiger partial charge in [-0.1, -0.05) is 6.42 Å². The van der Waals surface area contributed by atoms with Gasteiger partial charge in [-0.25, -0.2) is 0 Å². The van der Waals surface area contributed by atoms with E-state index in [0.717, 1.165) is 19.5 Å². The average molecular weight is 269 g/mol. The zero-order chi connectivity index (χ0) is 13.7. The van der Waals surface area contributed by atoms with Crippen LogP contribution in [0.3, 0.4) is 0 Å². The fourth-order valence-electron chi connectivity index (χ4n) is 2.95. The Labute approximate surface area is 116 Å². The van der Waals surface area contributed by atoms with Crippen molar-refractivity contribution >= 4 is 5.91 Å². The predicted octanol–water partition coefficient (Wildman–Crippen LogP) is 0.308. The lowest BCUT2D eigenvalue weighted by Crippen LogP contribution is -2.52. The van der Waals surface area contributed by atoms with Gasteiger partial charge in [0.1, 0.15) is 6.04 Å². The standard InChI is InChI=1S/C14H27N3O2/c1-16-8-4-3-5-12(16)6-9-17(2)14(18)13-11-19-10-7-15-13/h12-13,15H,3-11H2,1-2H3. The molecule has 0 bridgehead atoms. The highest BCUT2D eigenvalue weighted by atomic mass is 16.5. The third-order valence-electron chi connectivity index (χ3n) is 4.32. The third-order valence-corrected chi connectivity index (χ3v) is 4.32. The molecule has 2 unspecified atom stereocenters. The summed E-state index contributed by atoms with van der Waals surface area (Å²) < 4.78 is 5.35. The molecule has 1 amide bonds. The van der Waals surface area contributed by atoms with E-state index in [9.17, 15) is 4.79 Å². The number of hydrogen-bond donors (Lipinski definition) is 1. The molecule has 0 spiro atoms. The molecule has 2 heterocycles. The Morgan fingerprint density at radius 3 is 3.00 bits per heavy atom. The predicted molar refractivity (Wildman–Crippen MR) is 75.1 cm³/mol. The van der Waals surface area contributed by atoms with Gasteiger partial charge < -0.3 is 19.9 Å². The Morgan fingerprint density at radius 1 is 1.47 bits per heavy atom. The quantitative estimate of drug-likeness (QED) is 0.798. The van der Waals surface area contributed by atoms with Crippen LogP contribution in [0.15, 0.2) is 0 Å². The molecule has 2 aliphatic rings. The molecule has 0 aromatic rings. The Balaban J connectivity index is 1.73. The summed E-state index contributed by atoms with van der Waals surface area (Å²) in [5, 5.41) is 3.22. The van der Waals surface area contributed by atoms with Crippen LogP contribution < -0.4 is 5.32 Å². The van der Waals surface area contributed by atoms with Crippen LogP contribution in [0.5, 0.6) is 0 Å². The molecule has 2 rings (SSSR count). The number of carbonyl (C=O) groups excluding carboxylic acids is 1. The van der Waals surface area contributed by atoms with Crippen LogP contribution in [-0.2, 0) is 9.53 Å². The maximum atomic E-state index is 12.2. The number of likely N-dealkylation sites (tertiary alicyclic amines) is 1. The number of hydrogen-bond acceptors (Lipinski definition) is 4. The lowest BCUT2D eigenvalue weighted by atomic mass is 10.00. The third kappa shape index (κ3) is 4.16. The summed E-state index contributed by atoms with van der Waals surface area (Å²) in [5.41, 5.74) is 0. The first-order valence-corrected chi connectivity index (χ1v) is 7.45. The molecule has 0 saturated carbocycles. The van der Waals surface area contributed by atoms with Gasteiger partial charge in [-0.15, -0.1) is 0 Å². The number of ether oxygens (including phenoxy) is 1. The summed E-state index contributed by atoms with van der Waals surface area (Å²) in [4.78, 5) is 16.5. The molecule has 0 radical (unpaired) electrons. The molecule has 0 aromatic heterocycles. The molecule has 19 heavy (non-hydrogen) atoms. The second-order valence-electron chi connectivity index (χ2n) is 5.76. The van der Waals surface area contributed by atoms with E-state index in [1.807, 2.05) is 11.9 Å². The smallest absolute Gasteiger partial charge is 0.241 e. The Hall–Kier alpha value is -0.650. The van der Waals surface area contributed by atoms with Gasteiger partial charge in [-0.05, 0) is 32.9 Å². The van der Waals surface area contributed by atoms with E-state index in [1.165, 1.54) is 25.8 Å². The van der Waals surface area contributed by atoms with E-state index in [2.05, 4.69) is 17.3 Å². The highest BCUT2D eigenvalue weighted by molar-refractivity contribution is 5.81. The SMILES string of the molecule is CN(CCC1CCCCN1C)C(=O)C1COCCN1. The molecule has 2 saturated heterocycles. The summed E-state index contributed by atoms with van der Waals surface area (Å²) in [5.74, 6) is 0.165. The summed E-state index contributed by atoms with van der Waals surface area (Å²) in [7, 11) is 4.10. The molecule has 2 aliphatic heterocycles. The minimum atomic E-state index is -0.150. The molecule has 110 valence electrons. The van der Waals surface area contributed by atoms with E-state index < -0.39 is 0 Å². The van der Waals surface area contributed by atoms with Crippen molar-refractivity contribution in [2.24, 2.45) is 0 Å². The number of nitrogens with one attached hydrogen (secondary N) is 1. The molecular formula is C14H27N3O2. The highest BCUT2D eigenvalue weighted by Crippen LogP contribution is 2.18. The van der Waals surface area contributed by atoms with Crippen molar-refractivity contribution in [2.45, 2.75) is 37.8 Å². The number of piperidine rings is 1. The van der Waals surface area contributed by atoms with Gasteiger partial charge in [0.05, 0.1) is 13.2 Å². The van der Waals surface area contributed by atoms with Crippen molar-refractivity contribution in [2.75, 3.05) is 46.9 Å². The second kappa shape index (κ2) is 7.22. The number of morpholine rings is 1. The number of rotatable bonds is 4. The van der Waals surface area contributed by atoms with Gasteiger partial charge in [0, 0.05) is 26.2 Å². The molecule has 2 fully saturated rings. The summed E-state index contributed by atoms with van der Waals surface area (Å²) in [6.45, 7) is 4.02. The molecular weight excluding hydrogens is 242 g/mol. The van der Waals surface area contributed by atoms with Crippen molar-refractivity contribution in [3.05, 3.63) is 0 Å². The number of nitrogens with zero attached hydrogens (tertiary/aromatic N) is 2.